The number of nitrogens with zero attached hydrogens (tertiary/aromatic N) is 2. The van der Waals surface area contributed by atoms with Crippen LogP contribution in [-0.4, -0.2) is 42.4 Å². The molecule has 0 radical (unpaired) electrons. The Labute approximate surface area is 146 Å². The summed E-state index contributed by atoms with van der Waals surface area (Å²) < 4.78 is 40.2. The normalized spacial score (nSPS) is 17.4. The van der Waals surface area contributed by atoms with E-state index >= 15 is 0 Å². The number of anilines is 1. The molecular weight excluding hydrogens is 333 g/mol. The van der Waals surface area contributed by atoms with Crippen molar-refractivity contribution in [2.45, 2.75) is 45.0 Å². The largest absolute Gasteiger partial charge is 0.573 e. The van der Waals surface area contributed by atoms with Gasteiger partial charge in [0.25, 0.3) is 0 Å². The Morgan fingerprint density at radius 3 is 2.32 bits per heavy atom. The second-order valence-electron chi connectivity index (χ2n) is 6.76. The lowest BCUT2D eigenvalue weighted by Crippen LogP contribution is -2.49. The van der Waals surface area contributed by atoms with Gasteiger partial charge in [0.05, 0.1) is 6.54 Å². The van der Waals surface area contributed by atoms with Crippen molar-refractivity contribution >= 4 is 11.6 Å². The zero-order chi connectivity index (χ0) is 18.5. The van der Waals surface area contributed by atoms with Crippen LogP contribution in [0, 0.1) is 0 Å². The van der Waals surface area contributed by atoms with E-state index in [9.17, 15) is 13.2 Å². The number of hydrogen-bond donors (Lipinski definition) is 2. The molecule has 140 valence electrons. The predicted molar refractivity (Wildman–Crippen MR) is 92.7 cm³/mol. The minimum atomic E-state index is -4.70. The van der Waals surface area contributed by atoms with E-state index in [2.05, 4.69) is 33.8 Å². The van der Waals surface area contributed by atoms with E-state index in [0.29, 0.717) is 12.2 Å². The molecule has 0 spiro atoms. The summed E-state index contributed by atoms with van der Waals surface area (Å²) in [6.45, 7) is 6.95. The standard InChI is InChI=1S/C17H25F3N4O/c1-16(2,24-10-4-3-5-11-24)12-22-15(21)23-13-6-8-14(9-7-13)25-17(18,19)20/h6-9H,3-5,10-12H2,1-2H3,(H3,21,22,23). The number of hydrogen-bond acceptors (Lipinski definition) is 3. The van der Waals surface area contributed by atoms with Crippen LogP contribution in [0.15, 0.2) is 29.3 Å². The first-order chi connectivity index (χ1) is 11.7. The number of nitrogens with one attached hydrogen (secondary N) is 1. The first-order valence-electron chi connectivity index (χ1n) is 8.33. The SMILES string of the molecule is CC(C)(CN=C(N)Nc1ccc(OC(F)(F)F)cc1)N1CCCCC1. The molecule has 1 aromatic rings. The van der Waals surface area contributed by atoms with Crippen LogP contribution < -0.4 is 15.8 Å². The Balaban J connectivity index is 1.89. The minimum Gasteiger partial charge on any atom is -0.406 e. The summed E-state index contributed by atoms with van der Waals surface area (Å²) >= 11 is 0. The lowest BCUT2D eigenvalue weighted by atomic mass is 9.99. The Hall–Kier alpha value is -1.96. The predicted octanol–water partition coefficient (Wildman–Crippen LogP) is 3.58. The summed E-state index contributed by atoms with van der Waals surface area (Å²) in [5, 5.41) is 2.88. The summed E-state index contributed by atoms with van der Waals surface area (Å²) in [6, 6.07) is 5.36. The highest BCUT2D eigenvalue weighted by molar-refractivity contribution is 5.92. The van der Waals surface area contributed by atoms with Gasteiger partial charge in [-0.25, -0.2) is 0 Å². The average Bonchev–Trinajstić information content (AvgIpc) is 2.54. The molecule has 0 bridgehead atoms. The van der Waals surface area contributed by atoms with E-state index in [0.717, 1.165) is 13.1 Å². The summed E-state index contributed by atoms with van der Waals surface area (Å²) in [5.74, 6) is -0.0469. The first-order valence-corrected chi connectivity index (χ1v) is 8.33. The Kier molecular flexibility index (Phi) is 6.16. The van der Waals surface area contributed by atoms with Crippen LogP contribution in [-0.2, 0) is 0 Å². The van der Waals surface area contributed by atoms with Crippen LogP contribution in [0.4, 0.5) is 18.9 Å². The number of rotatable bonds is 5. The zero-order valence-corrected chi connectivity index (χ0v) is 14.6. The molecule has 3 N–H and O–H groups in total. The third kappa shape index (κ3) is 6.45. The average molecular weight is 358 g/mol. The molecular formula is C17H25F3N4O. The van der Waals surface area contributed by atoms with E-state index < -0.39 is 6.36 Å². The number of ether oxygens (including phenoxy) is 1. The molecule has 1 saturated heterocycles. The third-order valence-electron chi connectivity index (χ3n) is 4.21. The molecule has 0 saturated carbocycles. The number of likely N-dealkylation sites (tertiary alicyclic amines) is 1. The molecule has 1 aliphatic rings. The van der Waals surface area contributed by atoms with Crippen LogP contribution in [0.1, 0.15) is 33.1 Å². The first kappa shape index (κ1) is 19.4. The van der Waals surface area contributed by atoms with Gasteiger partial charge in [-0.2, -0.15) is 0 Å². The highest BCUT2D eigenvalue weighted by atomic mass is 19.4. The number of halogens is 3. The summed E-state index contributed by atoms with van der Waals surface area (Å²) in [7, 11) is 0. The van der Waals surface area contributed by atoms with Gasteiger partial charge in [0, 0.05) is 11.2 Å². The summed E-state index contributed by atoms with van der Waals surface area (Å²) in [5.41, 5.74) is 6.35. The molecule has 1 heterocycles. The van der Waals surface area contributed by atoms with E-state index in [1.807, 2.05) is 0 Å². The smallest absolute Gasteiger partial charge is 0.406 e. The Bertz CT molecular complexity index is 579. The number of nitrogens with two attached hydrogens (primary N) is 1. The van der Waals surface area contributed by atoms with Crippen LogP contribution in [0.5, 0.6) is 5.75 Å². The van der Waals surface area contributed by atoms with Gasteiger partial charge in [-0.3, -0.25) is 9.89 Å². The maximum Gasteiger partial charge on any atom is 0.573 e. The van der Waals surface area contributed by atoms with Crippen molar-refractivity contribution < 1.29 is 17.9 Å². The number of guanidine groups is 1. The summed E-state index contributed by atoms with van der Waals surface area (Å²) in [4.78, 5) is 6.79. The highest BCUT2D eigenvalue weighted by Gasteiger charge is 2.31. The summed E-state index contributed by atoms with van der Waals surface area (Å²) in [6.07, 6.45) is -1.02. The molecule has 5 nitrogen and oxygen atoms in total. The van der Waals surface area contributed by atoms with Crippen molar-refractivity contribution in [3.8, 4) is 5.75 Å². The molecule has 8 heteroatoms. The molecule has 2 rings (SSSR count). The maximum absolute atomic E-state index is 12.1. The third-order valence-corrected chi connectivity index (χ3v) is 4.21. The van der Waals surface area contributed by atoms with Gasteiger partial charge in [0.2, 0.25) is 0 Å². The van der Waals surface area contributed by atoms with Crippen molar-refractivity contribution in [3.63, 3.8) is 0 Å². The molecule has 0 atom stereocenters. The van der Waals surface area contributed by atoms with Crippen LogP contribution in [0.2, 0.25) is 0 Å². The fraction of sp³-hybridized carbons (Fsp3) is 0.588. The van der Waals surface area contributed by atoms with Gasteiger partial charge in [-0.15, -0.1) is 13.2 Å². The lowest BCUT2D eigenvalue weighted by Gasteiger charge is -2.40. The number of aliphatic imine (C=N–C) groups is 1. The number of piperidine rings is 1. The fourth-order valence-corrected chi connectivity index (χ4v) is 2.81. The van der Waals surface area contributed by atoms with Crippen LogP contribution in [0.25, 0.3) is 0 Å². The molecule has 1 aliphatic heterocycles. The van der Waals surface area contributed by atoms with E-state index in [4.69, 9.17) is 5.73 Å². The van der Waals surface area contributed by atoms with E-state index in [1.165, 1.54) is 43.5 Å². The molecule has 0 unspecified atom stereocenters. The van der Waals surface area contributed by atoms with Gasteiger partial charge in [0.1, 0.15) is 5.75 Å². The van der Waals surface area contributed by atoms with Crippen molar-refractivity contribution in [3.05, 3.63) is 24.3 Å². The van der Waals surface area contributed by atoms with E-state index in [1.54, 1.807) is 0 Å². The quantitative estimate of drug-likeness (QED) is 0.624. The molecule has 0 amide bonds. The molecule has 1 aromatic carbocycles. The van der Waals surface area contributed by atoms with Crippen molar-refractivity contribution in [2.75, 3.05) is 25.0 Å². The fourth-order valence-electron chi connectivity index (χ4n) is 2.81. The Morgan fingerprint density at radius 2 is 1.76 bits per heavy atom. The second kappa shape index (κ2) is 7.95. The van der Waals surface area contributed by atoms with Gasteiger partial charge in [-0.1, -0.05) is 6.42 Å². The second-order valence-corrected chi connectivity index (χ2v) is 6.76. The van der Waals surface area contributed by atoms with Crippen molar-refractivity contribution in [1.29, 1.82) is 0 Å². The lowest BCUT2D eigenvalue weighted by molar-refractivity contribution is -0.274. The molecule has 25 heavy (non-hydrogen) atoms. The Morgan fingerprint density at radius 1 is 1.16 bits per heavy atom. The topological polar surface area (TPSA) is 62.9 Å². The monoisotopic (exact) mass is 358 g/mol. The molecule has 0 aromatic heterocycles. The van der Waals surface area contributed by atoms with Gasteiger partial charge in [0.15, 0.2) is 5.96 Å². The number of benzene rings is 1. The zero-order valence-electron chi connectivity index (χ0n) is 14.6. The minimum absolute atomic E-state index is 0.0862. The number of alkyl halides is 3. The van der Waals surface area contributed by atoms with Crippen molar-refractivity contribution in [1.82, 2.24) is 4.90 Å². The van der Waals surface area contributed by atoms with Gasteiger partial charge >= 0.3 is 6.36 Å². The van der Waals surface area contributed by atoms with Crippen LogP contribution in [0.3, 0.4) is 0 Å². The van der Waals surface area contributed by atoms with E-state index in [-0.39, 0.29) is 17.2 Å². The molecule has 0 aliphatic carbocycles. The highest BCUT2D eigenvalue weighted by Crippen LogP contribution is 2.24. The van der Waals surface area contributed by atoms with Crippen LogP contribution >= 0.6 is 0 Å². The maximum atomic E-state index is 12.1. The van der Waals surface area contributed by atoms with Gasteiger partial charge in [-0.05, 0) is 64.0 Å². The molecule has 1 fully saturated rings. The van der Waals surface area contributed by atoms with Crippen molar-refractivity contribution in [2.24, 2.45) is 10.7 Å². The van der Waals surface area contributed by atoms with Gasteiger partial charge < -0.3 is 15.8 Å².